The number of carbonyl (C=O) groups excluding carboxylic acids is 1. The smallest absolute Gasteiger partial charge is 0.387 e. The molecule has 28 heteroatoms. The zero-order valence-corrected chi connectivity index (χ0v) is 57.3. The highest BCUT2D eigenvalue weighted by atomic mass is 31.2. The van der Waals surface area contributed by atoms with Gasteiger partial charge in [0.1, 0.15) is 48.8 Å². The number of hydrogen-bond acceptors (Lipinski definition) is 21. The lowest BCUT2D eigenvalue weighted by Gasteiger charge is -2.47. The second-order valence-corrected chi connectivity index (χ2v) is 25.0. The molecule has 6 N–H and O–H groups in total. The number of allylic oxidation sites excluding steroid dienone is 2. The van der Waals surface area contributed by atoms with E-state index in [1.807, 2.05) is 13.8 Å². The van der Waals surface area contributed by atoms with Gasteiger partial charge in [0, 0.05) is 40.5 Å². The third-order valence-electron chi connectivity index (χ3n) is 14.9. The lowest BCUT2D eigenvalue weighted by atomic mass is 9.95. The molecule has 2 fully saturated rings. The first-order chi connectivity index (χ1) is 43.6. The maximum atomic E-state index is 14.2. The van der Waals surface area contributed by atoms with Crippen LogP contribution in [0.5, 0.6) is 0 Å². The molecule has 2 rings (SSSR count). The van der Waals surface area contributed by atoms with Crippen LogP contribution in [0.2, 0.25) is 0 Å². The second-order valence-electron chi connectivity index (χ2n) is 22.6. The van der Waals surface area contributed by atoms with E-state index in [0.29, 0.717) is 65.7 Å². The van der Waals surface area contributed by atoms with E-state index < -0.39 is 103 Å². The van der Waals surface area contributed by atoms with Crippen LogP contribution in [0.3, 0.4) is 0 Å². The molecule has 1 amide bonds. The standard InChI is InChI=1S/C62H121NO25P2/c1-7-11-13-15-16-17-18-19-20-21-22-23-24-26-28-30-54(64)63-55-58(80-34-31-51(73-6)29-27-25-14-12-8-2)57(88-90(69,70)71)53(49-72-5)87-61(55)84-50-52-56(65)59(81-45-43-78-41-39-76-37-35-74-32-9-3)60(62(86-52)83-47-48-85-89(66,67)68)82-46-44-79-42-40-77-38-36-75-33-10-4/h17-18,51-53,55-62,65H,7-16,19-50H2,1-6H3,(H,63,64)(H2,66,67,68)(H2,69,70,71)/b18-17-/t51-,52-,53-,55-,56-,57-,58-,59+,60-,61-,62+/m1/s1. The minimum atomic E-state index is -5.25. The third-order valence-corrected chi connectivity index (χ3v) is 15.9. The van der Waals surface area contributed by atoms with Crippen molar-refractivity contribution < 1.29 is 119 Å². The highest BCUT2D eigenvalue weighted by Gasteiger charge is 2.53. The fourth-order valence-electron chi connectivity index (χ4n) is 10.2. The molecule has 0 aromatic rings. The summed E-state index contributed by atoms with van der Waals surface area (Å²) in [5.41, 5.74) is 0. The average molecular weight is 1340 g/mol. The minimum Gasteiger partial charge on any atom is -0.387 e. The van der Waals surface area contributed by atoms with Crippen LogP contribution < -0.4 is 5.32 Å². The average Bonchev–Trinajstić information content (AvgIpc) is 0.859. The summed E-state index contributed by atoms with van der Waals surface area (Å²) in [4.78, 5) is 53.8. The van der Waals surface area contributed by atoms with Gasteiger partial charge in [0.2, 0.25) is 5.91 Å². The Morgan fingerprint density at radius 1 is 0.467 bits per heavy atom. The maximum absolute atomic E-state index is 14.2. The van der Waals surface area contributed by atoms with Crippen LogP contribution in [0.25, 0.3) is 0 Å². The number of ether oxygens (including phenoxy) is 15. The van der Waals surface area contributed by atoms with Crippen LogP contribution in [-0.4, -0.2) is 238 Å². The molecule has 0 spiro atoms. The van der Waals surface area contributed by atoms with E-state index in [0.717, 1.165) is 103 Å². The summed E-state index contributed by atoms with van der Waals surface area (Å²) in [6, 6.07) is -1.27. The van der Waals surface area contributed by atoms with Crippen LogP contribution in [0.15, 0.2) is 12.2 Å². The maximum Gasteiger partial charge on any atom is 0.470 e. The Kier molecular flexibility index (Phi) is 52.7. The molecule has 0 unspecified atom stereocenters. The second kappa shape index (κ2) is 55.9. The van der Waals surface area contributed by atoms with Crippen molar-refractivity contribution >= 4 is 21.6 Å². The van der Waals surface area contributed by atoms with Gasteiger partial charge in [0.15, 0.2) is 12.6 Å². The first kappa shape index (κ1) is 84.9. The van der Waals surface area contributed by atoms with Crippen molar-refractivity contribution in [3.63, 3.8) is 0 Å². The fraction of sp³-hybridized carbons (Fsp3) is 0.952. The molecule has 11 atom stereocenters. The quantitative estimate of drug-likeness (QED) is 0.0189. The van der Waals surface area contributed by atoms with Crippen LogP contribution in [0, 0.1) is 0 Å². The summed E-state index contributed by atoms with van der Waals surface area (Å²) in [5.74, 6) is -0.397. The zero-order valence-electron chi connectivity index (χ0n) is 55.5. The van der Waals surface area contributed by atoms with Crippen molar-refractivity contribution in [2.24, 2.45) is 0 Å². The van der Waals surface area contributed by atoms with Gasteiger partial charge in [-0.2, -0.15) is 0 Å². The van der Waals surface area contributed by atoms with Gasteiger partial charge in [0.25, 0.3) is 0 Å². The van der Waals surface area contributed by atoms with E-state index in [-0.39, 0.29) is 65.4 Å². The van der Waals surface area contributed by atoms with Crippen molar-refractivity contribution in [3.8, 4) is 0 Å². The molecule has 90 heavy (non-hydrogen) atoms. The molecule has 0 bridgehead atoms. The predicted molar refractivity (Wildman–Crippen MR) is 337 cm³/mol. The number of unbranched alkanes of at least 4 members (excludes halogenated alkanes) is 15. The molecule has 0 aliphatic carbocycles. The number of methoxy groups -OCH3 is 2. The normalized spacial score (nSPS) is 22.9. The Hall–Kier alpha value is -1.21. The zero-order chi connectivity index (χ0) is 65.8. The molecule has 2 heterocycles. The highest BCUT2D eigenvalue weighted by Crippen LogP contribution is 2.43. The fourth-order valence-corrected chi connectivity index (χ4v) is 11.1. The number of hydrogen-bond donors (Lipinski definition) is 6. The summed E-state index contributed by atoms with van der Waals surface area (Å²) < 4.78 is 124. The van der Waals surface area contributed by atoms with Crippen LogP contribution in [-0.2, 0) is 94.0 Å². The van der Waals surface area contributed by atoms with Crippen LogP contribution >= 0.6 is 15.6 Å². The number of aliphatic hydroxyl groups is 1. The third kappa shape index (κ3) is 43.1. The Bertz CT molecular complexity index is 1790. The molecule has 534 valence electrons. The molecule has 2 aliphatic rings. The van der Waals surface area contributed by atoms with Crippen molar-refractivity contribution in [1.82, 2.24) is 5.32 Å². The lowest BCUT2D eigenvalue weighted by molar-refractivity contribution is -0.332. The first-order valence-corrected chi connectivity index (χ1v) is 36.6. The van der Waals surface area contributed by atoms with Crippen molar-refractivity contribution in [2.75, 3.05) is 140 Å². The molecule has 2 aliphatic heterocycles. The van der Waals surface area contributed by atoms with Crippen molar-refractivity contribution in [2.45, 2.75) is 243 Å². The molecular weight excluding hydrogens is 1220 g/mol. The van der Waals surface area contributed by atoms with Gasteiger partial charge >= 0.3 is 15.6 Å². The van der Waals surface area contributed by atoms with Crippen LogP contribution in [0.4, 0.5) is 0 Å². The van der Waals surface area contributed by atoms with E-state index in [1.54, 1.807) is 7.11 Å². The molecule has 0 aromatic carbocycles. The number of aliphatic hydroxyl groups excluding tert-OH is 1. The number of phosphoric ester groups is 2. The van der Waals surface area contributed by atoms with E-state index in [1.165, 1.54) is 32.8 Å². The van der Waals surface area contributed by atoms with E-state index in [4.69, 9.17) is 75.6 Å². The summed E-state index contributed by atoms with van der Waals surface area (Å²) in [6.45, 7) is 10.9. The van der Waals surface area contributed by atoms with E-state index in [9.17, 15) is 38.6 Å². The molecule has 0 radical (unpaired) electrons. The van der Waals surface area contributed by atoms with Crippen LogP contribution in [0.1, 0.15) is 175 Å². The lowest BCUT2D eigenvalue weighted by Crippen LogP contribution is -2.67. The predicted octanol–water partition coefficient (Wildman–Crippen LogP) is 8.43. The highest BCUT2D eigenvalue weighted by molar-refractivity contribution is 7.46. The summed E-state index contributed by atoms with van der Waals surface area (Å²) >= 11 is 0. The van der Waals surface area contributed by atoms with E-state index >= 15 is 0 Å². The Morgan fingerprint density at radius 3 is 1.48 bits per heavy atom. The monoisotopic (exact) mass is 1340 g/mol. The molecule has 2 saturated heterocycles. The van der Waals surface area contributed by atoms with Crippen molar-refractivity contribution in [1.29, 1.82) is 0 Å². The largest absolute Gasteiger partial charge is 0.470 e. The number of amides is 1. The van der Waals surface area contributed by atoms with Crippen molar-refractivity contribution in [3.05, 3.63) is 12.2 Å². The van der Waals surface area contributed by atoms with Gasteiger partial charge in [-0.25, -0.2) is 9.13 Å². The number of carbonyl (C=O) groups is 1. The van der Waals surface area contributed by atoms with Gasteiger partial charge in [-0.1, -0.05) is 123 Å². The number of rotatable bonds is 63. The Morgan fingerprint density at radius 2 is 0.944 bits per heavy atom. The summed E-state index contributed by atoms with van der Waals surface area (Å²) in [5, 5.41) is 15.3. The molecule has 26 nitrogen and oxygen atoms in total. The molecular formula is C62H121NO25P2. The number of nitrogens with one attached hydrogen (secondary N) is 1. The molecule has 0 aromatic heterocycles. The number of phosphoric acid groups is 2. The van der Waals surface area contributed by atoms with Gasteiger partial charge < -0.3 is 101 Å². The summed E-state index contributed by atoms with van der Waals surface area (Å²) in [6.07, 6.45) is 14.6. The minimum absolute atomic E-state index is 0.0288. The Labute approximate surface area is 538 Å². The van der Waals surface area contributed by atoms with E-state index in [2.05, 4.69) is 35.8 Å². The van der Waals surface area contributed by atoms with Gasteiger partial charge in [-0.3, -0.25) is 13.8 Å². The van der Waals surface area contributed by atoms with Gasteiger partial charge in [-0.15, -0.1) is 0 Å². The topological polar surface area (TPSA) is 321 Å². The first-order valence-electron chi connectivity index (χ1n) is 33.6. The van der Waals surface area contributed by atoms with Gasteiger partial charge in [0.05, 0.1) is 112 Å². The SMILES string of the molecule is CCCCCC/C=C\CCCCCCCCCC(=O)N[C@H]1[C@H](OC[C@H]2O[C@H](OCCOP(=O)(O)O)[C@H](OCCOCCOCCOCCC)[C@@H](OCCOCCOCCOCCC)[C@@H]2O)O[C@H](COC)[C@@H](OP(=O)(O)O)[C@@H]1OCC[C@@H](CCCCCCC)OC. The Balaban J connectivity index is 2.45. The summed E-state index contributed by atoms with van der Waals surface area (Å²) in [7, 11) is -7.16. The molecule has 0 saturated carbocycles. The van der Waals surface area contributed by atoms with Gasteiger partial charge in [-0.05, 0) is 57.8 Å².